The molecule has 0 aromatic carbocycles. The van der Waals surface area contributed by atoms with Gasteiger partial charge in [-0.3, -0.25) is 4.79 Å². The fraction of sp³-hybridized carbons (Fsp3) is 0.455. The first-order chi connectivity index (χ1) is 8.84. The maximum Gasteiger partial charge on any atom is 0.417 e. The standard InChI is InChI=1S/C11H12ClF3N2O2/c1-2-19-9(18)3-4-16-10-8(12)5-7(6-17-10)11(13,14)15/h5-6H,2-4H2,1H3,(H,16,17). The molecule has 8 heteroatoms. The van der Waals surface area contributed by atoms with Crippen LogP contribution < -0.4 is 5.32 Å². The van der Waals surface area contributed by atoms with E-state index in [-0.39, 0.29) is 30.4 Å². The molecule has 0 spiro atoms. The normalized spacial score (nSPS) is 11.2. The zero-order chi connectivity index (χ0) is 14.5. The van der Waals surface area contributed by atoms with Crippen molar-refractivity contribution < 1.29 is 22.7 Å². The van der Waals surface area contributed by atoms with Crippen LogP contribution >= 0.6 is 11.6 Å². The minimum atomic E-state index is -4.49. The Balaban J connectivity index is 2.58. The summed E-state index contributed by atoms with van der Waals surface area (Å²) in [6.07, 6.45) is -3.73. The highest BCUT2D eigenvalue weighted by atomic mass is 35.5. The molecule has 0 aliphatic carbocycles. The van der Waals surface area contributed by atoms with Crippen molar-refractivity contribution in [3.8, 4) is 0 Å². The number of pyridine rings is 1. The van der Waals surface area contributed by atoms with Crippen molar-refractivity contribution in [1.29, 1.82) is 0 Å². The van der Waals surface area contributed by atoms with Crippen LogP contribution in [0, 0.1) is 0 Å². The first kappa shape index (κ1) is 15.6. The molecule has 1 aromatic rings. The van der Waals surface area contributed by atoms with Gasteiger partial charge in [-0.25, -0.2) is 4.98 Å². The molecule has 106 valence electrons. The minimum absolute atomic E-state index is 0.0763. The number of nitrogens with one attached hydrogen (secondary N) is 1. The Bertz CT molecular complexity index is 452. The van der Waals surface area contributed by atoms with E-state index in [4.69, 9.17) is 16.3 Å². The van der Waals surface area contributed by atoms with Crippen LogP contribution in [0.1, 0.15) is 18.9 Å². The largest absolute Gasteiger partial charge is 0.466 e. The van der Waals surface area contributed by atoms with E-state index in [1.165, 1.54) is 0 Å². The summed E-state index contributed by atoms with van der Waals surface area (Å²) >= 11 is 5.67. The molecule has 0 saturated carbocycles. The van der Waals surface area contributed by atoms with Gasteiger partial charge in [-0.1, -0.05) is 11.6 Å². The van der Waals surface area contributed by atoms with Gasteiger partial charge in [0.1, 0.15) is 5.82 Å². The molecule has 0 amide bonds. The minimum Gasteiger partial charge on any atom is -0.466 e. The summed E-state index contributed by atoms with van der Waals surface area (Å²) in [7, 11) is 0. The molecular weight excluding hydrogens is 285 g/mol. The Labute approximate surface area is 112 Å². The van der Waals surface area contributed by atoms with Gasteiger partial charge >= 0.3 is 12.1 Å². The van der Waals surface area contributed by atoms with Crippen LogP contribution in [0.3, 0.4) is 0 Å². The van der Waals surface area contributed by atoms with Crippen molar-refractivity contribution in [2.24, 2.45) is 0 Å². The molecule has 0 aliphatic rings. The van der Waals surface area contributed by atoms with Crippen LogP contribution in [0.5, 0.6) is 0 Å². The molecule has 0 unspecified atom stereocenters. The second-order valence-electron chi connectivity index (χ2n) is 3.53. The number of esters is 1. The van der Waals surface area contributed by atoms with Crippen LogP contribution in [0.2, 0.25) is 5.02 Å². The van der Waals surface area contributed by atoms with Gasteiger partial charge in [0.05, 0.1) is 23.6 Å². The number of anilines is 1. The number of alkyl halides is 3. The van der Waals surface area contributed by atoms with E-state index in [1.807, 2.05) is 0 Å². The van der Waals surface area contributed by atoms with Crippen molar-refractivity contribution in [3.63, 3.8) is 0 Å². The molecule has 0 radical (unpaired) electrons. The third-order valence-corrected chi connectivity index (χ3v) is 2.38. The topological polar surface area (TPSA) is 51.2 Å². The van der Waals surface area contributed by atoms with E-state index < -0.39 is 17.7 Å². The zero-order valence-corrected chi connectivity index (χ0v) is 10.8. The number of carbonyl (C=O) groups is 1. The average molecular weight is 297 g/mol. The van der Waals surface area contributed by atoms with Crippen molar-refractivity contribution in [2.75, 3.05) is 18.5 Å². The Morgan fingerprint density at radius 3 is 2.74 bits per heavy atom. The van der Waals surface area contributed by atoms with Gasteiger partial charge in [-0.2, -0.15) is 13.2 Å². The average Bonchev–Trinajstić information content (AvgIpc) is 2.30. The Kier molecular flexibility index (Phi) is 5.41. The van der Waals surface area contributed by atoms with Crippen LogP contribution in [0.4, 0.5) is 19.0 Å². The van der Waals surface area contributed by atoms with Crippen molar-refractivity contribution >= 4 is 23.4 Å². The van der Waals surface area contributed by atoms with E-state index in [9.17, 15) is 18.0 Å². The molecule has 1 heterocycles. The van der Waals surface area contributed by atoms with E-state index in [0.717, 1.165) is 6.07 Å². The van der Waals surface area contributed by atoms with Gasteiger partial charge in [0.15, 0.2) is 0 Å². The van der Waals surface area contributed by atoms with E-state index >= 15 is 0 Å². The van der Waals surface area contributed by atoms with E-state index in [2.05, 4.69) is 10.3 Å². The highest BCUT2D eigenvalue weighted by Gasteiger charge is 2.31. The molecule has 0 bridgehead atoms. The van der Waals surface area contributed by atoms with Gasteiger partial charge in [-0.05, 0) is 13.0 Å². The van der Waals surface area contributed by atoms with Gasteiger partial charge < -0.3 is 10.1 Å². The van der Waals surface area contributed by atoms with E-state index in [0.29, 0.717) is 6.20 Å². The number of ether oxygens (including phenoxy) is 1. The summed E-state index contributed by atoms with van der Waals surface area (Å²) in [5.74, 6) is -0.308. The number of halogens is 4. The fourth-order valence-corrected chi connectivity index (χ4v) is 1.47. The summed E-state index contributed by atoms with van der Waals surface area (Å²) in [6, 6.07) is 0.779. The van der Waals surface area contributed by atoms with Crippen molar-refractivity contribution in [1.82, 2.24) is 4.98 Å². The lowest BCUT2D eigenvalue weighted by molar-refractivity contribution is -0.142. The smallest absolute Gasteiger partial charge is 0.417 e. The molecule has 1 rings (SSSR count). The van der Waals surface area contributed by atoms with Crippen LogP contribution in [0.15, 0.2) is 12.3 Å². The maximum atomic E-state index is 12.4. The Morgan fingerprint density at radius 1 is 1.53 bits per heavy atom. The predicted molar refractivity (Wildman–Crippen MR) is 64.0 cm³/mol. The Morgan fingerprint density at radius 2 is 2.21 bits per heavy atom. The van der Waals surface area contributed by atoms with Gasteiger partial charge in [0.2, 0.25) is 0 Å². The summed E-state index contributed by atoms with van der Waals surface area (Å²) in [4.78, 5) is 14.6. The van der Waals surface area contributed by atoms with E-state index in [1.54, 1.807) is 6.92 Å². The predicted octanol–water partition coefficient (Wildman–Crippen LogP) is 3.12. The lowest BCUT2D eigenvalue weighted by Crippen LogP contribution is -2.13. The molecule has 1 aromatic heterocycles. The number of nitrogens with zero attached hydrogens (tertiary/aromatic N) is 1. The summed E-state index contributed by atoms with van der Waals surface area (Å²) in [6.45, 7) is 2.13. The zero-order valence-electron chi connectivity index (χ0n) is 10.1. The second kappa shape index (κ2) is 6.60. The number of hydrogen-bond acceptors (Lipinski definition) is 4. The number of rotatable bonds is 5. The third-order valence-electron chi connectivity index (χ3n) is 2.10. The molecule has 0 fully saturated rings. The molecule has 0 aliphatic heterocycles. The SMILES string of the molecule is CCOC(=O)CCNc1ncc(C(F)(F)F)cc1Cl. The fourth-order valence-electron chi connectivity index (χ4n) is 1.24. The Hall–Kier alpha value is -1.50. The molecule has 19 heavy (non-hydrogen) atoms. The molecule has 4 nitrogen and oxygen atoms in total. The molecule has 0 atom stereocenters. The number of aromatic nitrogens is 1. The van der Waals surface area contributed by atoms with Gasteiger partial charge in [0.25, 0.3) is 0 Å². The second-order valence-corrected chi connectivity index (χ2v) is 3.94. The first-order valence-electron chi connectivity index (χ1n) is 5.46. The first-order valence-corrected chi connectivity index (χ1v) is 5.84. The lowest BCUT2D eigenvalue weighted by atomic mass is 10.3. The number of carbonyl (C=O) groups excluding carboxylic acids is 1. The summed E-state index contributed by atoms with van der Waals surface area (Å²) < 4.78 is 41.8. The molecule has 1 N–H and O–H groups in total. The van der Waals surface area contributed by atoms with Crippen LogP contribution in [-0.2, 0) is 15.7 Å². The molecule has 0 saturated heterocycles. The lowest BCUT2D eigenvalue weighted by Gasteiger charge is -2.10. The highest BCUT2D eigenvalue weighted by Crippen LogP contribution is 2.32. The molecular formula is C11H12ClF3N2O2. The van der Waals surface area contributed by atoms with Crippen LogP contribution in [0.25, 0.3) is 0 Å². The summed E-state index contributed by atoms with van der Waals surface area (Å²) in [5, 5.41) is 2.52. The van der Waals surface area contributed by atoms with Crippen molar-refractivity contribution in [2.45, 2.75) is 19.5 Å². The van der Waals surface area contributed by atoms with Gasteiger partial charge in [-0.15, -0.1) is 0 Å². The van der Waals surface area contributed by atoms with Gasteiger partial charge in [0, 0.05) is 12.7 Å². The van der Waals surface area contributed by atoms with Crippen LogP contribution in [-0.4, -0.2) is 24.1 Å². The third kappa shape index (κ3) is 4.94. The van der Waals surface area contributed by atoms with Crippen molar-refractivity contribution in [3.05, 3.63) is 22.8 Å². The highest BCUT2D eigenvalue weighted by molar-refractivity contribution is 6.32. The maximum absolute atomic E-state index is 12.4. The summed E-state index contributed by atoms with van der Waals surface area (Å²) in [5.41, 5.74) is -0.923. The monoisotopic (exact) mass is 296 g/mol. The quantitative estimate of drug-likeness (QED) is 0.848. The number of hydrogen-bond donors (Lipinski definition) is 1.